The Kier molecular flexibility index (Phi) is 3.96. The summed E-state index contributed by atoms with van der Waals surface area (Å²) in [5.74, 6) is -0.449. The predicted molar refractivity (Wildman–Crippen MR) is 78.1 cm³/mol. The lowest BCUT2D eigenvalue weighted by atomic mass is 10.2. The van der Waals surface area contributed by atoms with Crippen LogP contribution in [0.15, 0.2) is 33.7 Å². The molecule has 3 nitrogen and oxygen atoms in total. The van der Waals surface area contributed by atoms with E-state index < -0.39 is 5.82 Å². The Hall–Kier alpha value is -1.33. The summed E-state index contributed by atoms with van der Waals surface area (Å²) in [6.45, 7) is 1.85. The second kappa shape index (κ2) is 5.35. The van der Waals surface area contributed by atoms with Gasteiger partial charge in [-0.25, -0.2) is 4.39 Å². The molecule has 0 aliphatic rings. The molecule has 0 saturated heterocycles. The van der Waals surface area contributed by atoms with Crippen LogP contribution in [0, 0.1) is 12.7 Å². The highest BCUT2D eigenvalue weighted by Gasteiger charge is 2.10. The molecule has 0 saturated carbocycles. The fourth-order valence-corrected chi connectivity index (χ4v) is 2.30. The smallest absolute Gasteiger partial charge is 0.265 e. The number of nitrogens with zero attached hydrogens (tertiary/aromatic N) is 1. The lowest BCUT2D eigenvalue weighted by molar-refractivity contribution is 0.596. The molecule has 100 valence electrons. The number of hydrogen-bond donors (Lipinski definition) is 1. The van der Waals surface area contributed by atoms with E-state index in [2.05, 4.69) is 15.9 Å². The molecule has 0 spiro atoms. The standard InChI is InChI=1S/C13H11BrClFN2O/c1-7-11(17)6-18(13(19)12(7)14)5-8-2-3-9(15)4-10(8)16/h2-4,6H,5,17H2,1H3. The van der Waals surface area contributed by atoms with Crippen molar-refractivity contribution in [3.63, 3.8) is 0 Å². The summed E-state index contributed by atoms with van der Waals surface area (Å²) in [4.78, 5) is 12.0. The first-order chi connectivity index (χ1) is 8.90. The molecule has 2 N–H and O–H groups in total. The van der Waals surface area contributed by atoms with Crippen LogP contribution in [0.1, 0.15) is 11.1 Å². The first-order valence-electron chi connectivity index (χ1n) is 5.49. The van der Waals surface area contributed by atoms with E-state index in [9.17, 15) is 9.18 Å². The third-order valence-electron chi connectivity index (χ3n) is 2.86. The van der Waals surface area contributed by atoms with E-state index in [4.69, 9.17) is 17.3 Å². The molecule has 0 unspecified atom stereocenters. The van der Waals surface area contributed by atoms with Gasteiger partial charge in [0.1, 0.15) is 5.82 Å². The number of benzene rings is 1. The largest absolute Gasteiger partial charge is 0.397 e. The number of anilines is 1. The Labute approximate surface area is 122 Å². The van der Waals surface area contributed by atoms with Crippen molar-refractivity contribution in [1.29, 1.82) is 0 Å². The normalized spacial score (nSPS) is 10.7. The second-order valence-electron chi connectivity index (χ2n) is 4.19. The maximum atomic E-state index is 13.7. The molecule has 0 aliphatic heterocycles. The van der Waals surface area contributed by atoms with Gasteiger partial charge in [0, 0.05) is 16.8 Å². The zero-order chi connectivity index (χ0) is 14.2. The van der Waals surface area contributed by atoms with Crippen molar-refractivity contribution in [2.45, 2.75) is 13.5 Å². The van der Waals surface area contributed by atoms with Gasteiger partial charge < -0.3 is 10.3 Å². The zero-order valence-electron chi connectivity index (χ0n) is 10.1. The molecule has 2 rings (SSSR count). The highest BCUT2D eigenvalue weighted by molar-refractivity contribution is 9.10. The minimum Gasteiger partial charge on any atom is -0.397 e. The van der Waals surface area contributed by atoms with Crippen LogP contribution in [0.5, 0.6) is 0 Å². The maximum absolute atomic E-state index is 13.7. The molecule has 1 aromatic heterocycles. The lowest BCUT2D eigenvalue weighted by Gasteiger charge is -2.11. The molecule has 0 amide bonds. The maximum Gasteiger partial charge on any atom is 0.265 e. The number of nitrogen functional groups attached to an aromatic ring is 1. The fraction of sp³-hybridized carbons (Fsp3) is 0.154. The van der Waals surface area contributed by atoms with Crippen molar-refractivity contribution >= 4 is 33.2 Å². The first kappa shape index (κ1) is 14.1. The minimum atomic E-state index is -0.449. The molecule has 1 aromatic carbocycles. The van der Waals surface area contributed by atoms with Gasteiger partial charge in [0.15, 0.2) is 0 Å². The van der Waals surface area contributed by atoms with Gasteiger partial charge in [-0.05, 0) is 40.5 Å². The molecule has 19 heavy (non-hydrogen) atoms. The number of rotatable bonds is 2. The molecule has 0 radical (unpaired) electrons. The average molecular weight is 346 g/mol. The molecule has 6 heteroatoms. The third kappa shape index (κ3) is 2.82. The first-order valence-corrected chi connectivity index (χ1v) is 6.66. The van der Waals surface area contributed by atoms with Crippen molar-refractivity contribution in [2.24, 2.45) is 0 Å². The highest BCUT2D eigenvalue weighted by Crippen LogP contribution is 2.19. The van der Waals surface area contributed by atoms with Gasteiger partial charge in [-0.3, -0.25) is 4.79 Å². The number of nitrogens with two attached hydrogens (primary N) is 1. The topological polar surface area (TPSA) is 48.0 Å². The van der Waals surface area contributed by atoms with E-state index in [-0.39, 0.29) is 12.1 Å². The summed E-state index contributed by atoms with van der Waals surface area (Å²) < 4.78 is 15.5. The van der Waals surface area contributed by atoms with Crippen molar-refractivity contribution in [2.75, 3.05) is 5.73 Å². The third-order valence-corrected chi connectivity index (χ3v) is 4.03. The molecule has 1 heterocycles. The zero-order valence-corrected chi connectivity index (χ0v) is 12.4. The Balaban J connectivity index is 2.47. The van der Waals surface area contributed by atoms with Gasteiger partial charge in [-0.1, -0.05) is 17.7 Å². The van der Waals surface area contributed by atoms with E-state index in [0.717, 1.165) is 0 Å². The van der Waals surface area contributed by atoms with Gasteiger partial charge in [-0.15, -0.1) is 0 Å². The van der Waals surface area contributed by atoms with Crippen LogP contribution >= 0.6 is 27.5 Å². The van der Waals surface area contributed by atoms with Crippen molar-refractivity contribution in [3.05, 3.63) is 61.2 Å². The molecule has 0 bridgehead atoms. The SMILES string of the molecule is Cc1c(N)cn(Cc2ccc(Cl)cc2F)c(=O)c1Br. The van der Waals surface area contributed by atoms with E-state index in [1.165, 1.54) is 16.8 Å². The Morgan fingerprint density at radius 3 is 2.79 bits per heavy atom. The van der Waals surface area contributed by atoms with Crippen LogP contribution in [0.3, 0.4) is 0 Å². The van der Waals surface area contributed by atoms with Crippen molar-refractivity contribution in [3.8, 4) is 0 Å². The van der Waals surface area contributed by atoms with Crippen LogP contribution in [-0.4, -0.2) is 4.57 Å². The van der Waals surface area contributed by atoms with E-state index >= 15 is 0 Å². The van der Waals surface area contributed by atoms with Gasteiger partial charge >= 0.3 is 0 Å². The molecule has 0 fully saturated rings. The van der Waals surface area contributed by atoms with E-state index in [1.54, 1.807) is 19.1 Å². The van der Waals surface area contributed by atoms with Crippen LogP contribution in [-0.2, 0) is 6.54 Å². The summed E-state index contributed by atoms with van der Waals surface area (Å²) in [5.41, 5.74) is 7.08. The number of pyridine rings is 1. The highest BCUT2D eigenvalue weighted by atomic mass is 79.9. The quantitative estimate of drug-likeness (QED) is 0.907. The number of aromatic nitrogens is 1. The van der Waals surface area contributed by atoms with E-state index in [0.29, 0.717) is 26.3 Å². The van der Waals surface area contributed by atoms with Crippen LogP contribution in [0.25, 0.3) is 0 Å². The Morgan fingerprint density at radius 2 is 2.16 bits per heavy atom. The molecular weight excluding hydrogens is 335 g/mol. The van der Waals surface area contributed by atoms with Crippen LogP contribution in [0.4, 0.5) is 10.1 Å². The average Bonchev–Trinajstić information content (AvgIpc) is 2.36. The summed E-state index contributed by atoms with van der Waals surface area (Å²) >= 11 is 8.88. The second-order valence-corrected chi connectivity index (χ2v) is 5.42. The van der Waals surface area contributed by atoms with Crippen LogP contribution in [0.2, 0.25) is 5.02 Å². The molecule has 2 aromatic rings. The van der Waals surface area contributed by atoms with Crippen molar-refractivity contribution < 1.29 is 4.39 Å². The lowest BCUT2D eigenvalue weighted by Crippen LogP contribution is -2.23. The molecule has 0 atom stereocenters. The molecule has 0 aliphatic carbocycles. The van der Waals surface area contributed by atoms with Crippen LogP contribution < -0.4 is 11.3 Å². The van der Waals surface area contributed by atoms with Gasteiger partial charge in [0.05, 0.1) is 16.7 Å². The van der Waals surface area contributed by atoms with Gasteiger partial charge in [0.25, 0.3) is 5.56 Å². The number of halogens is 3. The monoisotopic (exact) mass is 344 g/mol. The predicted octanol–water partition coefficient (Wildman–Crippen LogP) is 3.34. The summed E-state index contributed by atoms with van der Waals surface area (Å²) in [6, 6.07) is 4.35. The van der Waals surface area contributed by atoms with Crippen molar-refractivity contribution in [1.82, 2.24) is 4.57 Å². The summed E-state index contributed by atoms with van der Waals surface area (Å²) in [7, 11) is 0. The fourth-order valence-electron chi connectivity index (χ4n) is 1.69. The van der Waals surface area contributed by atoms with Gasteiger partial charge in [0.2, 0.25) is 0 Å². The summed E-state index contributed by atoms with van der Waals surface area (Å²) in [6.07, 6.45) is 1.51. The minimum absolute atomic E-state index is 0.102. The Bertz CT molecular complexity index is 700. The molecular formula is C13H11BrClFN2O. The summed E-state index contributed by atoms with van der Waals surface area (Å²) in [5, 5.41) is 0.318. The number of hydrogen-bond acceptors (Lipinski definition) is 2. The Morgan fingerprint density at radius 1 is 1.47 bits per heavy atom. The van der Waals surface area contributed by atoms with Gasteiger partial charge in [-0.2, -0.15) is 0 Å². The van der Waals surface area contributed by atoms with E-state index in [1.807, 2.05) is 0 Å².